The smallest absolute Gasteiger partial charge is 0.419 e. The fraction of sp³-hybridized carbons (Fsp3) is 0.320. The number of amides is 2. The SMILES string of the molecule is COc1c(F)ccc2c1C(C)(C)C[C@](O)(C(F)(F)F)[C@H]2NC(=O)Nc1cccc2ccccc12. The van der Waals surface area contributed by atoms with Crippen LogP contribution in [0.5, 0.6) is 5.75 Å². The third-order valence-electron chi connectivity index (χ3n) is 6.33. The first-order valence-corrected chi connectivity index (χ1v) is 10.6. The molecular formula is C25H24F4N2O3. The lowest BCUT2D eigenvalue weighted by atomic mass is 9.63. The van der Waals surface area contributed by atoms with Crippen molar-refractivity contribution in [3.8, 4) is 5.75 Å². The molecule has 2 atom stereocenters. The number of halogens is 4. The van der Waals surface area contributed by atoms with Crippen LogP contribution in [0.15, 0.2) is 54.6 Å². The first-order chi connectivity index (χ1) is 15.9. The van der Waals surface area contributed by atoms with E-state index in [4.69, 9.17) is 4.74 Å². The van der Waals surface area contributed by atoms with Crippen molar-refractivity contribution >= 4 is 22.5 Å². The number of anilines is 1. The van der Waals surface area contributed by atoms with Crippen LogP contribution in [0.1, 0.15) is 37.4 Å². The van der Waals surface area contributed by atoms with Crippen molar-refractivity contribution in [2.45, 2.75) is 43.5 Å². The van der Waals surface area contributed by atoms with E-state index < -0.39 is 41.5 Å². The molecule has 1 aliphatic carbocycles. The van der Waals surface area contributed by atoms with Crippen LogP contribution in [0.4, 0.5) is 28.0 Å². The summed E-state index contributed by atoms with van der Waals surface area (Å²) in [5.74, 6) is -0.960. The highest BCUT2D eigenvalue weighted by Crippen LogP contribution is 2.55. The molecule has 0 spiro atoms. The van der Waals surface area contributed by atoms with Gasteiger partial charge < -0.3 is 20.5 Å². The lowest BCUT2D eigenvalue weighted by molar-refractivity contribution is -0.280. The van der Waals surface area contributed by atoms with E-state index in [0.29, 0.717) is 11.1 Å². The van der Waals surface area contributed by atoms with Gasteiger partial charge in [-0.1, -0.05) is 56.3 Å². The minimum atomic E-state index is -5.08. The average molecular weight is 476 g/mol. The van der Waals surface area contributed by atoms with Crippen molar-refractivity contribution in [1.29, 1.82) is 0 Å². The van der Waals surface area contributed by atoms with Gasteiger partial charge in [0.15, 0.2) is 17.2 Å². The van der Waals surface area contributed by atoms with Gasteiger partial charge in [-0.05, 0) is 34.9 Å². The van der Waals surface area contributed by atoms with Crippen LogP contribution < -0.4 is 15.4 Å². The van der Waals surface area contributed by atoms with Gasteiger partial charge in [0.1, 0.15) is 0 Å². The maximum Gasteiger partial charge on any atom is 0.419 e. The Balaban J connectivity index is 1.78. The van der Waals surface area contributed by atoms with Gasteiger partial charge in [0.2, 0.25) is 0 Å². The zero-order valence-corrected chi connectivity index (χ0v) is 18.8. The van der Waals surface area contributed by atoms with E-state index in [1.54, 1.807) is 24.3 Å². The number of carbonyl (C=O) groups excluding carboxylic acids is 1. The molecule has 3 N–H and O–H groups in total. The summed E-state index contributed by atoms with van der Waals surface area (Å²) in [5, 5.41) is 17.4. The second-order valence-electron chi connectivity index (χ2n) is 9.09. The molecular weight excluding hydrogens is 452 g/mol. The zero-order chi connectivity index (χ0) is 24.9. The van der Waals surface area contributed by atoms with Gasteiger partial charge in [-0.25, -0.2) is 9.18 Å². The molecule has 180 valence electrons. The number of carbonyl (C=O) groups is 1. The van der Waals surface area contributed by atoms with Crippen molar-refractivity contribution in [3.63, 3.8) is 0 Å². The molecule has 0 radical (unpaired) electrons. The molecule has 3 aromatic carbocycles. The molecule has 0 unspecified atom stereocenters. The molecule has 0 aromatic heterocycles. The molecule has 5 nitrogen and oxygen atoms in total. The minimum absolute atomic E-state index is 0.0672. The van der Waals surface area contributed by atoms with Crippen molar-refractivity contribution < 1.29 is 32.2 Å². The van der Waals surface area contributed by atoms with Crippen LogP contribution in [-0.4, -0.2) is 30.0 Å². The third kappa shape index (κ3) is 3.83. The predicted molar refractivity (Wildman–Crippen MR) is 120 cm³/mol. The van der Waals surface area contributed by atoms with E-state index >= 15 is 0 Å². The number of rotatable bonds is 3. The number of alkyl halides is 3. The highest BCUT2D eigenvalue weighted by molar-refractivity contribution is 6.01. The quantitative estimate of drug-likeness (QED) is 0.417. The molecule has 3 aromatic rings. The molecule has 0 saturated carbocycles. The van der Waals surface area contributed by atoms with E-state index in [9.17, 15) is 27.5 Å². The van der Waals surface area contributed by atoms with Gasteiger partial charge in [0.05, 0.1) is 18.8 Å². The summed E-state index contributed by atoms with van der Waals surface area (Å²) in [6.45, 7) is 2.94. The summed E-state index contributed by atoms with van der Waals surface area (Å²) in [5.41, 5.74) is -4.12. The van der Waals surface area contributed by atoms with Gasteiger partial charge >= 0.3 is 12.2 Å². The summed E-state index contributed by atoms with van der Waals surface area (Å²) in [6.07, 6.45) is -5.89. The molecule has 0 fully saturated rings. The molecule has 9 heteroatoms. The summed E-state index contributed by atoms with van der Waals surface area (Å²) in [4.78, 5) is 12.9. The van der Waals surface area contributed by atoms with E-state index in [0.717, 1.165) is 17.5 Å². The van der Waals surface area contributed by atoms with Gasteiger partial charge in [0.25, 0.3) is 0 Å². The van der Waals surface area contributed by atoms with Crippen molar-refractivity contribution in [1.82, 2.24) is 5.32 Å². The number of methoxy groups -OCH3 is 1. The molecule has 0 saturated heterocycles. The number of ether oxygens (including phenoxy) is 1. The Labute approximate surface area is 193 Å². The maximum atomic E-state index is 14.5. The summed E-state index contributed by atoms with van der Waals surface area (Å²) in [7, 11) is 1.22. The first-order valence-electron chi connectivity index (χ1n) is 10.6. The monoisotopic (exact) mass is 476 g/mol. The van der Waals surface area contributed by atoms with Crippen LogP contribution in [0.25, 0.3) is 10.8 Å². The van der Waals surface area contributed by atoms with Crippen LogP contribution in [0, 0.1) is 5.82 Å². The number of aliphatic hydroxyl groups is 1. The molecule has 34 heavy (non-hydrogen) atoms. The maximum absolute atomic E-state index is 14.5. The molecule has 2 amide bonds. The number of hydrogen-bond acceptors (Lipinski definition) is 3. The lowest BCUT2D eigenvalue weighted by Crippen LogP contribution is -2.61. The largest absolute Gasteiger partial charge is 0.493 e. The number of benzene rings is 3. The summed E-state index contributed by atoms with van der Waals surface area (Å²) in [6, 6.07) is 11.6. The normalized spacial score (nSPS) is 21.6. The Kier molecular flexibility index (Phi) is 5.72. The van der Waals surface area contributed by atoms with Gasteiger partial charge in [-0.2, -0.15) is 13.2 Å². The van der Waals surface area contributed by atoms with E-state index in [-0.39, 0.29) is 16.9 Å². The minimum Gasteiger partial charge on any atom is -0.493 e. The predicted octanol–water partition coefficient (Wildman–Crippen LogP) is 5.83. The highest BCUT2D eigenvalue weighted by atomic mass is 19.4. The summed E-state index contributed by atoms with van der Waals surface area (Å²) < 4.78 is 62.3. The number of urea groups is 1. The van der Waals surface area contributed by atoms with Crippen LogP contribution in [-0.2, 0) is 5.41 Å². The molecule has 0 heterocycles. The Morgan fingerprint density at radius 1 is 1.09 bits per heavy atom. The van der Waals surface area contributed by atoms with Crippen LogP contribution in [0.2, 0.25) is 0 Å². The average Bonchev–Trinajstić information content (AvgIpc) is 2.76. The van der Waals surface area contributed by atoms with E-state index in [2.05, 4.69) is 10.6 Å². The van der Waals surface area contributed by atoms with Crippen LogP contribution >= 0.6 is 0 Å². The van der Waals surface area contributed by atoms with Gasteiger partial charge in [0, 0.05) is 10.9 Å². The summed E-state index contributed by atoms with van der Waals surface area (Å²) >= 11 is 0. The Hall–Kier alpha value is -3.33. The van der Waals surface area contributed by atoms with Crippen molar-refractivity contribution in [2.24, 2.45) is 0 Å². The molecule has 0 bridgehead atoms. The van der Waals surface area contributed by atoms with Crippen molar-refractivity contribution in [3.05, 3.63) is 71.5 Å². The lowest BCUT2D eigenvalue weighted by Gasteiger charge is -2.48. The van der Waals surface area contributed by atoms with E-state index in [1.165, 1.54) is 21.0 Å². The number of nitrogens with one attached hydrogen (secondary N) is 2. The first kappa shape index (κ1) is 23.8. The Bertz CT molecular complexity index is 1250. The molecule has 4 rings (SSSR count). The standard InChI is InChI=1S/C25H24F4N2O3/c1-23(2)13-24(33,25(27,28)29)21(16-11-12-17(26)20(34-3)19(16)23)31-22(32)30-18-10-6-8-14-7-4-5-9-15(14)18/h4-12,21,33H,13H2,1-3H3,(H2,30,31,32)/t21-,24+/m0/s1. The second-order valence-corrected chi connectivity index (χ2v) is 9.09. The molecule has 1 aliphatic rings. The fourth-order valence-corrected chi connectivity index (χ4v) is 4.92. The second kappa shape index (κ2) is 8.16. The van der Waals surface area contributed by atoms with Gasteiger partial charge in [-0.3, -0.25) is 0 Å². The Morgan fingerprint density at radius 2 is 1.76 bits per heavy atom. The van der Waals surface area contributed by atoms with Crippen LogP contribution in [0.3, 0.4) is 0 Å². The number of fused-ring (bicyclic) bond motifs is 2. The topological polar surface area (TPSA) is 70.6 Å². The molecule has 0 aliphatic heterocycles. The zero-order valence-electron chi connectivity index (χ0n) is 18.8. The van der Waals surface area contributed by atoms with E-state index in [1.807, 2.05) is 18.2 Å². The van der Waals surface area contributed by atoms with Crippen molar-refractivity contribution in [2.75, 3.05) is 12.4 Å². The highest BCUT2D eigenvalue weighted by Gasteiger charge is 2.64. The number of hydrogen-bond donors (Lipinski definition) is 3. The third-order valence-corrected chi connectivity index (χ3v) is 6.33. The Morgan fingerprint density at radius 3 is 2.44 bits per heavy atom. The fourth-order valence-electron chi connectivity index (χ4n) is 4.92. The van der Waals surface area contributed by atoms with Gasteiger partial charge in [-0.15, -0.1) is 0 Å².